The topological polar surface area (TPSA) is 38.0 Å². The van der Waals surface area contributed by atoms with Crippen LogP contribution < -0.4 is 11.3 Å². The molecule has 0 aromatic heterocycles. The van der Waals surface area contributed by atoms with Gasteiger partial charge in [-0.2, -0.15) is 0 Å². The van der Waals surface area contributed by atoms with Crippen molar-refractivity contribution in [3.05, 3.63) is 33.3 Å². The first-order valence-electron chi connectivity index (χ1n) is 5.24. The minimum Gasteiger partial charge on any atom is -0.271 e. The number of hydrazine groups is 1. The van der Waals surface area contributed by atoms with Gasteiger partial charge in [0.25, 0.3) is 0 Å². The lowest BCUT2D eigenvalue weighted by molar-refractivity contribution is 0.269. The Hall–Kier alpha value is -0.0900. The van der Waals surface area contributed by atoms with Crippen LogP contribution in [0.3, 0.4) is 0 Å². The molecule has 1 atom stereocenters. The van der Waals surface area contributed by atoms with Crippen molar-refractivity contribution in [1.82, 2.24) is 5.43 Å². The summed E-state index contributed by atoms with van der Waals surface area (Å²) in [5, 5.41) is 0.777. The lowest BCUT2D eigenvalue weighted by Gasteiger charge is -2.30. The van der Waals surface area contributed by atoms with Crippen molar-refractivity contribution in [2.45, 2.75) is 33.2 Å². The molecule has 90 valence electrons. The summed E-state index contributed by atoms with van der Waals surface area (Å²) >= 11 is 9.58. The Morgan fingerprint density at radius 2 is 2.06 bits per heavy atom. The molecule has 3 N–H and O–H groups in total. The second kappa shape index (κ2) is 5.50. The number of hydrogen-bond acceptors (Lipinski definition) is 2. The van der Waals surface area contributed by atoms with E-state index in [0.717, 1.165) is 21.5 Å². The van der Waals surface area contributed by atoms with Gasteiger partial charge in [0.15, 0.2) is 0 Å². The zero-order chi connectivity index (χ0) is 12.3. The first-order valence-corrected chi connectivity index (χ1v) is 6.41. The molecule has 1 unspecified atom stereocenters. The molecule has 0 saturated heterocycles. The van der Waals surface area contributed by atoms with Gasteiger partial charge in [0, 0.05) is 15.5 Å². The molecule has 16 heavy (non-hydrogen) atoms. The summed E-state index contributed by atoms with van der Waals surface area (Å²) in [7, 11) is 0. The van der Waals surface area contributed by atoms with Gasteiger partial charge in [-0.15, -0.1) is 0 Å². The molecule has 0 aliphatic heterocycles. The summed E-state index contributed by atoms with van der Waals surface area (Å²) in [5.41, 5.74) is 4.08. The second-order valence-corrected chi connectivity index (χ2v) is 6.35. The number of nitrogens with one attached hydrogen (secondary N) is 1. The van der Waals surface area contributed by atoms with Gasteiger partial charge in [0.05, 0.1) is 0 Å². The van der Waals surface area contributed by atoms with Gasteiger partial charge in [-0.3, -0.25) is 11.3 Å². The first-order chi connectivity index (χ1) is 7.34. The average molecular weight is 306 g/mol. The van der Waals surface area contributed by atoms with Crippen LogP contribution >= 0.6 is 27.5 Å². The highest BCUT2D eigenvalue weighted by molar-refractivity contribution is 9.10. The SMILES string of the molecule is CC(C)(C)C(Cc1ccc(Br)cc1Cl)NN. The van der Waals surface area contributed by atoms with Crippen molar-refractivity contribution in [2.24, 2.45) is 11.3 Å². The van der Waals surface area contributed by atoms with Crippen LogP contribution in [-0.4, -0.2) is 6.04 Å². The predicted molar refractivity (Wildman–Crippen MR) is 73.4 cm³/mol. The normalized spacial score (nSPS) is 13.9. The molecular weight excluding hydrogens is 288 g/mol. The first kappa shape index (κ1) is 14.0. The van der Waals surface area contributed by atoms with Gasteiger partial charge in [-0.1, -0.05) is 54.4 Å². The molecule has 0 aliphatic rings. The zero-order valence-corrected chi connectivity index (χ0v) is 12.2. The standard InChI is InChI=1S/C12H18BrClN2/c1-12(2,3)11(16-15)6-8-4-5-9(13)7-10(8)14/h4-5,7,11,16H,6,15H2,1-3H3. The van der Waals surface area contributed by atoms with Crippen LogP contribution in [0.2, 0.25) is 5.02 Å². The molecule has 4 heteroatoms. The molecular formula is C12H18BrClN2. The number of nitrogens with two attached hydrogens (primary N) is 1. The molecule has 1 aromatic carbocycles. The number of halogens is 2. The van der Waals surface area contributed by atoms with Crippen molar-refractivity contribution in [1.29, 1.82) is 0 Å². The maximum atomic E-state index is 6.18. The van der Waals surface area contributed by atoms with E-state index in [9.17, 15) is 0 Å². The quantitative estimate of drug-likeness (QED) is 0.662. The lowest BCUT2D eigenvalue weighted by atomic mass is 9.83. The van der Waals surface area contributed by atoms with Crippen molar-refractivity contribution in [2.75, 3.05) is 0 Å². The zero-order valence-electron chi connectivity index (χ0n) is 9.85. The van der Waals surface area contributed by atoms with Crippen LogP contribution in [0.15, 0.2) is 22.7 Å². The van der Waals surface area contributed by atoms with Crippen LogP contribution in [0.1, 0.15) is 26.3 Å². The molecule has 0 heterocycles. The van der Waals surface area contributed by atoms with E-state index in [1.165, 1.54) is 0 Å². The molecule has 0 amide bonds. The van der Waals surface area contributed by atoms with E-state index < -0.39 is 0 Å². The average Bonchev–Trinajstić information content (AvgIpc) is 2.14. The molecule has 0 aliphatic carbocycles. The molecule has 0 radical (unpaired) electrons. The molecule has 1 rings (SSSR count). The monoisotopic (exact) mass is 304 g/mol. The van der Waals surface area contributed by atoms with Crippen LogP contribution in [-0.2, 0) is 6.42 Å². The van der Waals surface area contributed by atoms with Gasteiger partial charge >= 0.3 is 0 Å². The van der Waals surface area contributed by atoms with E-state index in [0.29, 0.717) is 0 Å². The fourth-order valence-electron chi connectivity index (χ4n) is 1.52. The van der Waals surface area contributed by atoms with Crippen LogP contribution in [0.25, 0.3) is 0 Å². The van der Waals surface area contributed by atoms with Crippen LogP contribution in [0, 0.1) is 5.41 Å². The highest BCUT2D eigenvalue weighted by Crippen LogP contribution is 2.27. The minimum atomic E-state index is 0.102. The van der Waals surface area contributed by atoms with E-state index in [1.54, 1.807) is 0 Å². The summed E-state index contributed by atoms with van der Waals surface area (Å²) in [4.78, 5) is 0. The molecule has 0 fully saturated rings. The molecule has 2 nitrogen and oxygen atoms in total. The Kier molecular flexibility index (Phi) is 4.80. The summed E-state index contributed by atoms with van der Waals surface area (Å²) in [5.74, 6) is 5.58. The van der Waals surface area contributed by atoms with Crippen LogP contribution in [0.4, 0.5) is 0 Å². The maximum absolute atomic E-state index is 6.18. The van der Waals surface area contributed by atoms with Crippen molar-refractivity contribution in [3.8, 4) is 0 Å². The number of hydrogen-bond donors (Lipinski definition) is 2. The Labute approximate surface area is 111 Å². The third kappa shape index (κ3) is 3.74. The molecule has 0 bridgehead atoms. The van der Waals surface area contributed by atoms with E-state index in [-0.39, 0.29) is 11.5 Å². The highest BCUT2D eigenvalue weighted by atomic mass is 79.9. The molecule has 0 saturated carbocycles. The summed E-state index contributed by atoms with van der Waals surface area (Å²) < 4.78 is 0.995. The summed E-state index contributed by atoms with van der Waals surface area (Å²) in [6.07, 6.45) is 0.826. The minimum absolute atomic E-state index is 0.102. The van der Waals surface area contributed by atoms with E-state index >= 15 is 0 Å². The fraction of sp³-hybridized carbons (Fsp3) is 0.500. The maximum Gasteiger partial charge on any atom is 0.0449 e. The van der Waals surface area contributed by atoms with Gasteiger partial charge < -0.3 is 0 Å². The van der Waals surface area contributed by atoms with Crippen molar-refractivity contribution in [3.63, 3.8) is 0 Å². The fourth-order valence-corrected chi connectivity index (χ4v) is 2.27. The van der Waals surface area contributed by atoms with Crippen molar-refractivity contribution < 1.29 is 0 Å². The van der Waals surface area contributed by atoms with Gasteiger partial charge in [0.2, 0.25) is 0 Å². The van der Waals surface area contributed by atoms with E-state index in [2.05, 4.69) is 42.1 Å². The van der Waals surface area contributed by atoms with Gasteiger partial charge in [-0.25, -0.2) is 0 Å². The Bertz CT molecular complexity index is 361. The molecule has 0 spiro atoms. The summed E-state index contributed by atoms with van der Waals surface area (Å²) in [6.45, 7) is 6.47. The number of rotatable bonds is 3. The highest BCUT2D eigenvalue weighted by Gasteiger charge is 2.24. The predicted octanol–water partition coefficient (Wildman–Crippen LogP) is 3.52. The summed E-state index contributed by atoms with van der Waals surface area (Å²) in [6, 6.07) is 6.14. The molecule has 1 aromatic rings. The Morgan fingerprint density at radius 1 is 1.44 bits per heavy atom. The van der Waals surface area contributed by atoms with Crippen molar-refractivity contribution >= 4 is 27.5 Å². The van der Waals surface area contributed by atoms with E-state index in [4.69, 9.17) is 17.4 Å². The number of benzene rings is 1. The Balaban J connectivity index is 2.86. The smallest absolute Gasteiger partial charge is 0.0449 e. The van der Waals surface area contributed by atoms with Gasteiger partial charge in [-0.05, 0) is 29.5 Å². The lowest BCUT2D eigenvalue weighted by Crippen LogP contribution is -2.45. The third-order valence-electron chi connectivity index (χ3n) is 2.69. The largest absolute Gasteiger partial charge is 0.271 e. The van der Waals surface area contributed by atoms with Crippen LogP contribution in [0.5, 0.6) is 0 Å². The van der Waals surface area contributed by atoms with E-state index in [1.807, 2.05) is 18.2 Å². The Morgan fingerprint density at radius 3 is 2.50 bits per heavy atom. The second-order valence-electron chi connectivity index (χ2n) is 5.03. The third-order valence-corrected chi connectivity index (χ3v) is 3.53. The van der Waals surface area contributed by atoms with Gasteiger partial charge in [0.1, 0.15) is 0 Å².